The fraction of sp³-hybridized carbons (Fsp3) is 0.417. The summed E-state index contributed by atoms with van der Waals surface area (Å²) >= 11 is 3.34. The van der Waals surface area contributed by atoms with Crippen molar-refractivity contribution in [2.24, 2.45) is 0 Å². The molecule has 0 saturated heterocycles. The monoisotopic (exact) mass is 284 g/mol. The van der Waals surface area contributed by atoms with Gasteiger partial charge in [-0.15, -0.1) is 0 Å². The van der Waals surface area contributed by atoms with Gasteiger partial charge in [0.05, 0.1) is 0 Å². The maximum Gasteiger partial charge on any atom is 0.250 e. The van der Waals surface area contributed by atoms with Crippen molar-refractivity contribution in [3.63, 3.8) is 0 Å². The predicted molar refractivity (Wildman–Crippen MR) is 70.7 cm³/mol. The SMILES string of the molecule is C=C(CNC(C)C)Cn1cc(Br)ccc1=O. The largest absolute Gasteiger partial charge is 0.311 e. The van der Waals surface area contributed by atoms with Crippen molar-refractivity contribution in [3.05, 3.63) is 45.3 Å². The van der Waals surface area contributed by atoms with E-state index in [1.807, 2.05) is 0 Å². The minimum Gasteiger partial charge on any atom is -0.311 e. The number of hydrogen-bond acceptors (Lipinski definition) is 2. The van der Waals surface area contributed by atoms with Gasteiger partial charge < -0.3 is 9.88 Å². The van der Waals surface area contributed by atoms with Crippen LogP contribution in [0, 0.1) is 0 Å². The Balaban J connectivity index is 2.62. The van der Waals surface area contributed by atoms with Gasteiger partial charge in [0.2, 0.25) is 0 Å². The van der Waals surface area contributed by atoms with Gasteiger partial charge in [0.15, 0.2) is 0 Å². The molecule has 0 spiro atoms. The van der Waals surface area contributed by atoms with Crippen molar-refractivity contribution in [1.29, 1.82) is 0 Å². The normalized spacial score (nSPS) is 10.8. The molecule has 3 nitrogen and oxygen atoms in total. The topological polar surface area (TPSA) is 34.0 Å². The molecule has 88 valence electrons. The number of hydrogen-bond donors (Lipinski definition) is 1. The fourth-order valence-corrected chi connectivity index (χ4v) is 1.65. The van der Waals surface area contributed by atoms with E-state index in [2.05, 4.69) is 41.7 Å². The summed E-state index contributed by atoms with van der Waals surface area (Å²) in [6.07, 6.45) is 1.78. The van der Waals surface area contributed by atoms with Crippen LogP contribution in [0.1, 0.15) is 13.8 Å². The van der Waals surface area contributed by atoms with E-state index >= 15 is 0 Å². The van der Waals surface area contributed by atoms with Crippen LogP contribution in [0.2, 0.25) is 0 Å². The Kier molecular flexibility index (Phi) is 4.96. The third kappa shape index (κ3) is 4.33. The van der Waals surface area contributed by atoms with Gasteiger partial charge in [-0.3, -0.25) is 4.79 Å². The van der Waals surface area contributed by atoms with Gasteiger partial charge in [-0.1, -0.05) is 20.4 Å². The van der Waals surface area contributed by atoms with E-state index in [1.54, 1.807) is 22.9 Å². The van der Waals surface area contributed by atoms with E-state index in [0.717, 1.165) is 16.6 Å². The standard InChI is InChI=1S/C12H17BrN2O/c1-9(2)14-6-10(3)7-15-8-11(13)4-5-12(15)16/h4-5,8-9,14H,3,6-7H2,1-2H3. The molecular formula is C12H17BrN2O. The molecule has 0 aliphatic rings. The van der Waals surface area contributed by atoms with Gasteiger partial charge in [0, 0.05) is 35.9 Å². The molecule has 0 saturated carbocycles. The van der Waals surface area contributed by atoms with Gasteiger partial charge in [0.1, 0.15) is 0 Å². The first kappa shape index (κ1) is 13.2. The smallest absolute Gasteiger partial charge is 0.250 e. The number of halogens is 1. The van der Waals surface area contributed by atoms with Crippen molar-refractivity contribution in [2.45, 2.75) is 26.4 Å². The molecule has 0 fully saturated rings. The predicted octanol–water partition coefficient (Wildman–Crippen LogP) is 2.17. The van der Waals surface area contributed by atoms with E-state index in [1.165, 1.54) is 0 Å². The molecular weight excluding hydrogens is 268 g/mol. The van der Waals surface area contributed by atoms with Crippen molar-refractivity contribution in [3.8, 4) is 0 Å². The highest BCUT2D eigenvalue weighted by Crippen LogP contribution is 2.05. The van der Waals surface area contributed by atoms with Crippen molar-refractivity contribution in [1.82, 2.24) is 9.88 Å². The molecule has 0 aliphatic heterocycles. The van der Waals surface area contributed by atoms with Gasteiger partial charge in [-0.2, -0.15) is 0 Å². The van der Waals surface area contributed by atoms with Crippen molar-refractivity contribution < 1.29 is 0 Å². The first-order valence-corrected chi connectivity index (χ1v) is 6.04. The number of nitrogens with one attached hydrogen (secondary N) is 1. The molecule has 0 aromatic carbocycles. The van der Waals surface area contributed by atoms with Crippen LogP contribution in [0.4, 0.5) is 0 Å². The zero-order valence-electron chi connectivity index (χ0n) is 9.66. The Morgan fingerprint density at radius 3 is 2.88 bits per heavy atom. The summed E-state index contributed by atoms with van der Waals surface area (Å²) in [5, 5.41) is 3.27. The minimum absolute atomic E-state index is 0.00565. The van der Waals surface area contributed by atoms with E-state index in [0.29, 0.717) is 12.6 Å². The molecule has 0 aliphatic carbocycles. The molecule has 1 N–H and O–H groups in total. The summed E-state index contributed by atoms with van der Waals surface area (Å²) in [5.41, 5.74) is 0.989. The number of rotatable bonds is 5. The van der Waals surface area contributed by atoms with E-state index in [-0.39, 0.29) is 5.56 Å². The molecule has 0 atom stereocenters. The Hall–Kier alpha value is -0.870. The Bertz CT molecular complexity index is 423. The van der Waals surface area contributed by atoms with Gasteiger partial charge in [-0.05, 0) is 27.6 Å². The van der Waals surface area contributed by atoms with E-state index in [4.69, 9.17) is 0 Å². The zero-order valence-corrected chi connectivity index (χ0v) is 11.3. The number of pyridine rings is 1. The summed E-state index contributed by atoms with van der Waals surface area (Å²) in [6.45, 7) is 9.41. The van der Waals surface area contributed by atoms with Crippen LogP contribution in [0.3, 0.4) is 0 Å². The van der Waals surface area contributed by atoms with E-state index < -0.39 is 0 Å². The molecule has 1 aromatic rings. The number of aromatic nitrogens is 1. The number of nitrogens with zero attached hydrogens (tertiary/aromatic N) is 1. The highest BCUT2D eigenvalue weighted by molar-refractivity contribution is 9.10. The lowest BCUT2D eigenvalue weighted by atomic mass is 10.2. The van der Waals surface area contributed by atoms with Crippen LogP contribution in [0.5, 0.6) is 0 Å². The summed E-state index contributed by atoms with van der Waals surface area (Å²) in [7, 11) is 0. The van der Waals surface area contributed by atoms with Crippen LogP contribution in [-0.2, 0) is 6.54 Å². The Labute approximate surface area is 104 Å². The Morgan fingerprint density at radius 1 is 1.56 bits per heavy atom. The molecule has 16 heavy (non-hydrogen) atoms. The van der Waals surface area contributed by atoms with E-state index in [9.17, 15) is 4.79 Å². The first-order chi connectivity index (χ1) is 7.49. The maximum atomic E-state index is 11.5. The van der Waals surface area contributed by atoms with Crippen LogP contribution >= 0.6 is 15.9 Å². The van der Waals surface area contributed by atoms with Crippen LogP contribution in [0.25, 0.3) is 0 Å². The third-order valence-electron chi connectivity index (χ3n) is 2.10. The summed E-state index contributed by atoms with van der Waals surface area (Å²) in [5.74, 6) is 0. The first-order valence-electron chi connectivity index (χ1n) is 5.25. The second-order valence-corrected chi connectivity index (χ2v) is 5.01. The van der Waals surface area contributed by atoms with Crippen LogP contribution in [-0.4, -0.2) is 17.2 Å². The lowest BCUT2D eigenvalue weighted by Gasteiger charge is -2.12. The second-order valence-electron chi connectivity index (χ2n) is 4.10. The van der Waals surface area contributed by atoms with Crippen LogP contribution < -0.4 is 10.9 Å². The fourth-order valence-electron chi connectivity index (χ4n) is 1.27. The van der Waals surface area contributed by atoms with Crippen molar-refractivity contribution >= 4 is 15.9 Å². The lowest BCUT2D eigenvalue weighted by Crippen LogP contribution is -2.27. The van der Waals surface area contributed by atoms with Crippen LogP contribution in [0.15, 0.2) is 39.7 Å². The highest BCUT2D eigenvalue weighted by atomic mass is 79.9. The summed E-state index contributed by atoms with van der Waals surface area (Å²) in [6, 6.07) is 3.72. The molecule has 0 radical (unpaired) electrons. The van der Waals surface area contributed by atoms with Gasteiger partial charge in [-0.25, -0.2) is 0 Å². The third-order valence-corrected chi connectivity index (χ3v) is 2.57. The summed E-state index contributed by atoms with van der Waals surface area (Å²) < 4.78 is 2.55. The second kappa shape index (κ2) is 6.01. The average molecular weight is 285 g/mol. The lowest BCUT2D eigenvalue weighted by molar-refractivity contribution is 0.600. The van der Waals surface area contributed by atoms with Gasteiger partial charge >= 0.3 is 0 Å². The molecule has 0 amide bonds. The highest BCUT2D eigenvalue weighted by Gasteiger charge is 2.00. The summed E-state index contributed by atoms with van der Waals surface area (Å²) in [4.78, 5) is 11.5. The van der Waals surface area contributed by atoms with Crippen molar-refractivity contribution in [2.75, 3.05) is 6.54 Å². The minimum atomic E-state index is -0.00565. The Morgan fingerprint density at radius 2 is 2.25 bits per heavy atom. The molecule has 1 rings (SSSR count). The molecule has 0 bridgehead atoms. The quantitative estimate of drug-likeness (QED) is 0.841. The zero-order chi connectivity index (χ0) is 12.1. The molecule has 1 aromatic heterocycles. The molecule has 4 heteroatoms. The average Bonchev–Trinajstić information content (AvgIpc) is 2.20. The van der Waals surface area contributed by atoms with Gasteiger partial charge in [0.25, 0.3) is 5.56 Å². The molecule has 1 heterocycles. The molecule has 0 unspecified atom stereocenters. The maximum absolute atomic E-state index is 11.5.